The molecule has 1 N–H and O–H groups in total. The second-order valence-corrected chi connectivity index (χ2v) is 6.94. The van der Waals surface area contributed by atoms with Gasteiger partial charge in [-0.15, -0.1) is 0 Å². The van der Waals surface area contributed by atoms with Crippen LogP contribution < -0.4 is 5.32 Å². The van der Waals surface area contributed by atoms with Gasteiger partial charge in [0.25, 0.3) is 0 Å². The Labute approximate surface area is 128 Å². The summed E-state index contributed by atoms with van der Waals surface area (Å²) in [6.45, 7) is 5.10. The maximum absolute atomic E-state index is 6.19. The van der Waals surface area contributed by atoms with Gasteiger partial charge in [0, 0.05) is 24.0 Å². The van der Waals surface area contributed by atoms with Crippen molar-refractivity contribution in [2.45, 2.75) is 64.0 Å². The second-order valence-electron chi connectivity index (χ2n) is 6.94. The molecule has 21 heavy (non-hydrogen) atoms. The van der Waals surface area contributed by atoms with E-state index in [2.05, 4.69) is 43.3 Å². The fourth-order valence-electron chi connectivity index (χ4n) is 4.44. The second kappa shape index (κ2) is 6.05. The molecule has 2 aliphatic rings. The van der Waals surface area contributed by atoms with Gasteiger partial charge in [-0.2, -0.15) is 0 Å². The standard InChI is InChI=1S/C18H28N2O/c1-13-10-16(11-14(2)20-13)17(19-3)15-6-9-21-18(12-15)7-4-5-8-18/h10-11,15,17,19H,4-9,12H2,1-3H3. The van der Waals surface area contributed by atoms with Gasteiger partial charge in [0.1, 0.15) is 0 Å². The zero-order chi connectivity index (χ0) is 14.9. The molecule has 2 unspecified atom stereocenters. The van der Waals surface area contributed by atoms with Crippen molar-refractivity contribution in [3.8, 4) is 0 Å². The maximum Gasteiger partial charge on any atom is 0.0686 e. The Kier molecular flexibility index (Phi) is 4.32. The van der Waals surface area contributed by atoms with E-state index in [0.717, 1.165) is 24.4 Å². The molecule has 3 nitrogen and oxygen atoms in total. The monoisotopic (exact) mass is 288 g/mol. The minimum absolute atomic E-state index is 0.190. The molecule has 2 fully saturated rings. The Hall–Kier alpha value is -0.930. The Morgan fingerprint density at radius 3 is 2.52 bits per heavy atom. The molecule has 1 aromatic heterocycles. The molecule has 1 aliphatic carbocycles. The summed E-state index contributed by atoms with van der Waals surface area (Å²) in [7, 11) is 2.09. The van der Waals surface area contributed by atoms with Crippen LogP contribution in [0.2, 0.25) is 0 Å². The van der Waals surface area contributed by atoms with Gasteiger partial charge in [-0.25, -0.2) is 0 Å². The fourth-order valence-corrected chi connectivity index (χ4v) is 4.44. The van der Waals surface area contributed by atoms with Gasteiger partial charge in [0.2, 0.25) is 0 Å². The number of hydrogen-bond acceptors (Lipinski definition) is 3. The van der Waals surface area contributed by atoms with E-state index in [1.165, 1.54) is 37.7 Å². The van der Waals surface area contributed by atoms with Crippen LogP contribution in [-0.2, 0) is 4.74 Å². The highest BCUT2D eigenvalue weighted by Crippen LogP contribution is 2.45. The quantitative estimate of drug-likeness (QED) is 0.921. The molecule has 3 heteroatoms. The fraction of sp³-hybridized carbons (Fsp3) is 0.722. The Bertz CT molecular complexity index is 474. The maximum atomic E-state index is 6.19. The van der Waals surface area contributed by atoms with Crippen LogP contribution in [0.15, 0.2) is 12.1 Å². The summed E-state index contributed by atoms with van der Waals surface area (Å²) in [4.78, 5) is 4.51. The molecule has 0 aromatic carbocycles. The Balaban J connectivity index is 1.82. The minimum Gasteiger partial charge on any atom is -0.375 e. The molecule has 1 saturated heterocycles. The van der Waals surface area contributed by atoms with Crippen molar-refractivity contribution in [1.82, 2.24) is 10.3 Å². The number of hydrogen-bond donors (Lipinski definition) is 1. The molecular weight excluding hydrogens is 260 g/mol. The number of rotatable bonds is 3. The first-order valence-corrected chi connectivity index (χ1v) is 8.38. The van der Waals surface area contributed by atoms with Crippen molar-refractivity contribution >= 4 is 0 Å². The van der Waals surface area contributed by atoms with Gasteiger partial charge in [0.15, 0.2) is 0 Å². The smallest absolute Gasteiger partial charge is 0.0686 e. The SMILES string of the molecule is CNC(c1cc(C)nc(C)c1)C1CCOC2(CCCC2)C1. The Morgan fingerprint density at radius 2 is 1.90 bits per heavy atom. The van der Waals surface area contributed by atoms with Crippen LogP contribution in [0.1, 0.15) is 61.5 Å². The first kappa shape index (κ1) is 15.0. The lowest BCUT2D eigenvalue weighted by molar-refractivity contribution is -0.0979. The van der Waals surface area contributed by atoms with Gasteiger partial charge >= 0.3 is 0 Å². The first-order chi connectivity index (χ1) is 10.1. The van der Waals surface area contributed by atoms with Crippen molar-refractivity contribution in [2.75, 3.05) is 13.7 Å². The molecule has 1 aliphatic heterocycles. The lowest BCUT2D eigenvalue weighted by Gasteiger charge is -2.41. The molecule has 0 radical (unpaired) electrons. The van der Waals surface area contributed by atoms with E-state index in [1.54, 1.807) is 0 Å². The highest BCUT2D eigenvalue weighted by Gasteiger charge is 2.42. The zero-order valence-electron chi connectivity index (χ0n) is 13.6. The van der Waals surface area contributed by atoms with Crippen molar-refractivity contribution < 1.29 is 4.74 Å². The van der Waals surface area contributed by atoms with E-state index in [0.29, 0.717) is 12.0 Å². The van der Waals surface area contributed by atoms with Crippen LogP contribution in [0.5, 0.6) is 0 Å². The number of aromatic nitrogens is 1. The molecule has 3 rings (SSSR count). The highest BCUT2D eigenvalue weighted by atomic mass is 16.5. The van der Waals surface area contributed by atoms with Crippen LogP contribution in [0.3, 0.4) is 0 Å². The van der Waals surface area contributed by atoms with Crippen molar-refractivity contribution in [2.24, 2.45) is 5.92 Å². The van der Waals surface area contributed by atoms with E-state index < -0.39 is 0 Å². The van der Waals surface area contributed by atoms with Crippen LogP contribution in [0, 0.1) is 19.8 Å². The normalized spacial score (nSPS) is 26.1. The van der Waals surface area contributed by atoms with Crippen LogP contribution >= 0.6 is 0 Å². The van der Waals surface area contributed by atoms with E-state index in [-0.39, 0.29) is 5.60 Å². The molecule has 1 spiro atoms. The van der Waals surface area contributed by atoms with Crippen LogP contribution in [-0.4, -0.2) is 24.2 Å². The van der Waals surface area contributed by atoms with E-state index >= 15 is 0 Å². The van der Waals surface area contributed by atoms with Crippen molar-refractivity contribution in [1.29, 1.82) is 0 Å². The average Bonchev–Trinajstić information content (AvgIpc) is 2.86. The summed E-state index contributed by atoms with van der Waals surface area (Å²) in [5.74, 6) is 0.669. The summed E-state index contributed by atoms with van der Waals surface area (Å²) in [6, 6.07) is 4.90. The van der Waals surface area contributed by atoms with E-state index in [9.17, 15) is 0 Å². The van der Waals surface area contributed by atoms with E-state index in [4.69, 9.17) is 4.74 Å². The molecule has 2 heterocycles. The van der Waals surface area contributed by atoms with Gasteiger partial charge < -0.3 is 10.1 Å². The number of nitrogens with one attached hydrogen (secondary N) is 1. The third-order valence-electron chi connectivity index (χ3n) is 5.29. The zero-order valence-corrected chi connectivity index (χ0v) is 13.6. The number of pyridine rings is 1. The largest absolute Gasteiger partial charge is 0.375 e. The molecule has 2 atom stereocenters. The lowest BCUT2D eigenvalue weighted by atomic mass is 9.78. The average molecular weight is 288 g/mol. The third kappa shape index (κ3) is 3.14. The Morgan fingerprint density at radius 1 is 1.24 bits per heavy atom. The van der Waals surface area contributed by atoms with Crippen molar-refractivity contribution in [3.63, 3.8) is 0 Å². The van der Waals surface area contributed by atoms with E-state index in [1.807, 2.05) is 0 Å². The summed E-state index contributed by atoms with van der Waals surface area (Å²) in [6.07, 6.45) is 7.56. The molecular formula is C18H28N2O. The molecule has 0 amide bonds. The topological polar surface area (TPSA) is 34.2 Å². The van der Waals surface area contributed by atoms with Crippen molar-refractivity contribution in [3.05, 3.63) is 29.1 Å². The highest BCUT2D eigenvalue weighted by molar-refractivity contribution is 5.24. The molecule has 1 saturated carbocycles. The predicted octanol–water partition coefficient (Wildman–Crippen LogP) is 3.70. The third-order valence-corrected chi connectivity index (χ3v) is 5.29. The summed E-state index contributed by atoms with van der Waals surface area (Å²) in [5, 5.41) is 3.57. The van der Waals surface area contributed by atoms with Gasteiger partial charge in [0.05, 0.1) is 5.60 Å². The number of aryl methyl sites for hydroxylation is 2. The minimum atomic E-state index is 0.190. The van der Waals surface area contributed by atoms with Crippen LogP contribution in [0.25, 0.3) is 0 Å². The number of nitrogens with zero attached hydrogens (tertiary/aromatic N) is 1. The molecule has 1 aromatic rings. The van der Waals surface area contributed by atoms with Crippen LogP contribution in [0.4, 0.5) is 0 Å². The first-order valence-electron chi connectivity index (χ1n) is 8.38. The summed E-state index contributed by atoms with van der Waals surface area (Å²) in [5.41, 5.74) is 3.82. The number of ether oxygens (including phenoxy) is 1. The lowest BCUT2D eigenvalue weighted by Crippen LogP contribution is -2.41. The van der Waals surface area contributed by atoms with Gasteiger partial charge in [-0.1, -0.05) is 12.8 Å². The molecule has 0 bridgehead atoms. The summed E-state index contributed by atoms with van der Waals surface area (Å²) < 4.78 is 6.19. The van der Waals surface area contributed by atoms with Gasteiger partial charge in [-0.3, -0.25) is 4.98 Å². The predicted molar refractivity (Wildman–Crippen MR) is 85.4 cm³/mol. The summed E-state index contributed by atoms with van der Waals surface area (Å²) >= 11 is 0. The molecule has 116 valence electrons. The van der Waals surface area contributed by atoms with Gasteiger partial charge in [-0.05, 0) is 70.2 Å².